The summed E-state index contributed by atoms with van der Waals surface area (Å²) in [4.78, 5) is 13.8. The minimum atomic E-state index is 0.181. The fourth-order valence-corrected chi connectivity index (χ4v) is 3.30. The van der Waals surface area contributed by atoms with Crippen molar-refractivity contribution in [3.8, 4) is 0 Å². The number of thiophene rings is 2. The molecule has 0 N–H and O–H groups in total. The van der Waals surface area contributed by atoms with Crippen LogP contribution in [-0.4, -0.2) is 5.78 Å². The molecule has 0 spiro atoms. The molecule has 0 radical (unpaired) electrons. The van der Waals surface area contributed by atoms with E-state index in [1.54, 1.807) is 0 Å². The van der Waals surface area contributed by atoms with E-state index in [1.807, 2.05) is 30.5 Å². The van der Waals surface area contributed by atoms with Crippen molar-refractivity contribution >= 4 is 40.1 Å². The highest BCUT2D eigenvalue weighted by molar-refractivity contribution is 7.16. The van der Waals surface area contributed by atoms with Gasteiger partial charge in [-0.05, 0) is 36.1 Å². The fourth-order valence-electron chi connectivity index (χ4n) is 1.34. The van der Waals surface area contributed by atoms with Crippen LogP contribution in [-0.2, 0) is 6.42 Å². The van der Waals surface area contributed by atoms with Gasteiger partial charge in [0, 0.05) is 11.3 Å². The third-order valence-corrected chi connectivity index (χ3v) is 4.37. The number of ketones is 1. The van der Waals surface area contributed by atoms with Crippen LogP contribution in [0.25, 0.3) is 0 Å². The van der Waals surface area contributed by atoms with Gasteiger partial charge in [-0.25, -0.2) is 0 Å². The summed E-state index contributed by atoms with van der Waals surface area (Å²) in [6, 6.07) is 5.71. The van der Waals surface area contributed by atoms with E-state index in [1.165, 1.54) is 22.7 Å². The molecule has 0 aromatic carbocycles. The van der Waals surface area contributed by atoms with Crippen molar-refractivity contribution in [2.24, 2.45) is 0 Å². The lowest BCUT2D eigenvalue weighted by Gasteiger charge is -1.96. The number of carbonyl (C=O) groups is 1. The smallest absolute Gasteiger partial charge is 0.178 e. The summed E-state index contributed by atoms with van der Waals surface area (Å²) in [5.41, 5.74) is 1.06. The minimum absolute atomic E-state index is 0.181. The zero-order chi connectivity index (χ0) is 10.8. The predicted octanol–water partition coefficient (Wildman–Crippen LogP) is 4.20. The van der Waals surface area contributed by atoms with Crippen LogP contribution in [0.2, 0.25) is 4.34 Å². The Hall–Kier alpha value is -0.640. The van der Waals surface area contributed by atoms with Gasteiger partial charge in [0.15, 0.2) is 5.78 Å². The average Bonchev–Trinajstić information content (AvgIpc) is 2.75. The molecule has 2 heterocycles. The normalized spacial score (nSPS) is 10.5. The molecule has 2 rings (SSSR count). The Kier molecular flexibility index (Phi) is 3.24. The van der Waals surface area contributed by atoms with E-state index in [-0.39, 0.29) is 5.78 Å². The van der Waals surface area contributed by atoms with Crippen LogP contribution in [0.1, 0.15) is 20.1 Å². The van der Waals surface area contributed by atoms with Crippen molar-refractivity contribution in [1.82, 2.24) is 0 Å². The van der Waals surface area contributed by atoms with Crippen LogP contribution in [0.4, 0.5) is 0 Å². The van der Waals surface area contributed by atoms with E-state index in [0.29, 0.717) is 6.42 Å². The van der Waals surface area contributed by atoms with Crippen LogP contribution >= 0.6 is 34.3 Å². The van der Waals surface area contributed by atoms with Crippen molar-refractivity contribution < 1.29 is 4.79 Å². The van der Waals surface area contributed by atoms with Gasteiger partial charge < -0.3 is 0 Å². The highest BCUT2D eigenvalue weighted by Gasteiger charge is 2.12. The average molecular weight is 257 g/mol. The van der Waals surface area contributed by atoms with Crippen molar-refractivity contribution in [2.75, 3.05) is 0 Å². The van der Waals surface area contributed by atoms with Crippen LogP contribution in [0, 0.1) is 6.92 Å². The number of aryl methyl sites for hydroxylation is 1. The molecule has 2 aromatic heterocycles. The number of halogens is 1. The molecule has 78 valence electrons. The number of hydrogen-bond donors (Lipinski definition) is 0. The molecular formula is C11H9ClOS2. The standard InChI is InChI=1S/C11H9ClOS2/c1-7-4-5-14-11(7)9(13)6-8-2-3-10(12)15-8/h2-5H,6H2,1H3. The highest BCUT2D eigenvalue weighted by atomic mass is 35.5. The SMILES string of the molecule is Cc1ccsc1C(=O)Cc1ccc(Cl)s1. The first-order chi connectivity index (χ1) is 7.16. The maximum Gasteiger partial charge on any atom is 0.178 e. The third-order valence-electron chi connectivity index (χ3n) is 2.08. The zero-order valence-electron chi connectivity index (χ0n) is 8.12. The fraction of sp³-hybridized carbons (Fsp3) is 0.182. The van der Waals surface area contributed by atoms with Crippen molar-refractivity contribution in [1.29, 1.82) is 0 Å². The molecule has 0 unspecified atom stereocenters. The van der Waals surface area contributed by atoms with Gasteiger partial charge in [-0.3, -0.25) is 4.79 Å². The Bertz CT molecular complexity index is 484. The summed E-state index contributed by atoms with van der Waals surface area (Å²) in [5.74, 6) is 0.181. The maximum absolute atomic E-state index is 11.9. The molecule has 0 aliphatic heterocycles. The van der Waals surface area contributed by atoms with Gasteiger partial charge in [0.1, 0.15) is 0 Å². The van der Waals surface area contributed by atoms with Gasteiger partial charge in [0.2, 0.25) is 0 Å². The molecule has 1 nitrogen and oxygen atoms in total. The first kappa shape index (κ1) is 10.9. The molecule has 0 amide bonds. The van der Waals surface area contributed by atoms with E-state index < -0.39 is 0 Å². The van der Waals surface area contributed by atoms with E-state index in [2.05, 4.69) is 0 Å². The van der Waals surface area contributed by atoms with Crippen molar-refractivity contribution in [2.45, 2.75) is 13.3 Å². The molecule has 0 saturated carbocycles. The second kappa shape index (κ2) is 4.47. The maximum atomic E-state index is 11.9. The third kappa shape index (κ3) is 2.48. The van der Waals surface area contributed by atoms with E-state index in [4.69, 9.17) is 11.6 Å². The molecule has 0 bridgehead atoms. The lowest BCUT2D eigenvalue weighted by Crippen LogP contribution is -2.00. The quantitative estimate of drug-likeness (QED) is 0.753. The first-order valence-electron chi connectivity index (χ1n) is 4.48. The predicted molar refractivity (Wildman–Crippen MR) is 66.4 cm³/mol. The summed E-state index contributed by atoms with van der Waals surface area (Å²) in [6.07, 6.45) is 0.457. The van der Waals surface area contributed by atoms with Gasteiger partial charge >= 0.3 is 0 Å². The molecule has 0 saturated heterocycles. The molecular weight excluding hydrogens is 248 g/mol. The number of rotatable bonds is 3. The highest BCUT2D eigenvalue weighted by Crippen LogP contribution is 2.24. The van der Waals surface area contributed by atoms with Crippen LogP contribution < -0.4 is 0 Å². The van der Waals surface area contributed by atoms with E-state index in [0.717, 1.165) is 19.7 Å². The summed E-state index contributed by atoms with van der Waals surface area (Å²) in [6.45, 7) is 1.96. The molecule has 15 heavy (non-hydrogen) atoms. The molecule has 0 atom stereocenters. The second-order valence-electron chi connectivity index (χ2n) is 3.24. The number of carbonyl (C=O) groups excluding carboxylic acids is 1. The van der Waals surface area contributed by atoms with Crippen LogP contribution in [0.5, 0.6) is 0 Å². The lowest BCUT2D eigenvalue weighted by atomic mass is 10.1. The molecule has 2 aromatic rings. The van der Waals surface area contributed by atoms with Gasteiger partial charge in [0.05, 0.1) is 9.21 Å². The first-order valence-corrected chi connectivity index (χ1v) is 6.56. The second-order valence-corrected chi connectivity index (χ2v) is 5.95. The Balaban J connectivity index is 2.14. The molecule has 0 aliphatic rings. The lowest BCUT2D eigenvalue weighted by molar-refractivity contribution is 0.0997. The summed E-state index contributed by atoms with van der Waals surface area (Å²) in [7, 11) is 0. The Labute approximate surface area is 101 Å². The Morgan fingerprint density at radius 3 is 2.73 bits per heavy atom. The van der Waals surface area contributed by atoms with Crippen LogP contribution in [0.15, 0.2) is 23.6 Å². The van der Waals surface area contributed by atoms with Crippen LogP contribution in [0.3, 0.4) is 0 Å². The van der Waals surface area contributed by atoms with Crippen molar-refractivity contribution in [3.63, 3.8) is 0 Å². The Morgan fingerprint density at radius 1 is 1.40 bits per heavy atom. The van der Waals surface area contributed by atoms with Crippen molar-refractivity contribution in [3.05, 3.63) is 43.2 Å². The summed E-state index contributed by atoms with van der Waals surface area (Å²) >= 11 is 8.78. The van der Waals surface area contributed by atoms with Gasteiger partial charge in [-0.1, -0.05) is 11.6 Å². The van der Waals surface area contributed by atoms with Gasteiger partial charge in [0.25, 0.3) is 0 Å². The zero-order valence-corrected chi connectivity index (χ0v) is 10.5. The number of Topliss-reactive ketones (excluding diaryl/α,β-unsaturated/α-hetero) is 1. The van der Waals surface area contributed by atoms with E-state index in [9.17, 15) is 4.79 Å². The largest absolute Gasteiger partial charge is 0.293 e. The Morgan fingerprint density at radius 2 is 2.20 bits per heavy atom. The molecule has 0 aliphatic carbocycles. The van der Waals surface area contributed by atoms with E-state index >= 15 is 0 Å². The number of hydrogen-bond acceptors (Lipinski definition) is 3. The minimum Gasteiger partial charge on any atom is -0.293 e. The topological polar surface area (TPSA) is 17.1 Å². The summed E-state index contributed by atoms with van der Waals surface area (Å²) < 4.78 is 0.737. The summed E-state index contributed by atoms with van der Waals surface area (Å²) in [5, 5.41) is 1.95. The molecule has 0 fully saturated rings. The van der Waals surface area contributed by atoms with Gasteiger partial charge in [-0.15, -0.1) is 22.7 Å². The monoisotopic (exact) mass is 256 g/mol. The molecule has 4 heteroatoms. The van der Waals surface area contributed by atoms with Gasteiger partial charge in [-0.2, -0.15) is 0 Å².